The van der Waals surface area contributed by atoms with Crippen LogP contribution in [0, 0.1) is 0 Å². The summed E-state index contributed by atoms with van der Waals surface area (Å²) >= 11 is 1.43. The Bertz CT molecular complexity index is 816. The van der Waals surface area contributed by atoms with E-state index < -0.39 is 0 Å². The van der Waals surface area contributed by atoms with Gasteiger partial charge < -0.3 is 4.98 Å². The van der Waals surface area contributed by atoms with E-state index in [2.05, 4.69) is 15.0 Å². The van der Waals surface area contributed by atoms with Gasteiger partial charge in [-0.05, 0) is 17.9 Å². The Balaban J connectivity index is 2.14. The van der Waals surface area contributed by atoms with Gasteiger partial charge in [-0.25, -0.2) is 4.98 Å². The van der Waals surface area contributed by atoms with Gasteiger partial charge >= 0.3 is 0 Å². The quantitative estimate of drug-likeness (QED) is 0.594. The van der Waals surface area contributed by atoms with Crippen LogP contribution in [0.5, 0.6) is 0 Å². The van der Waals surface area contributed by atoms with Crippen molar-refractivity contribution in [3.05, 3.63) is 76.3 Å². The largest absolute Gasteiger partial charge is 0.301 e. The van der Waals surface area contributed by atoms with Crippen LogP contribution in [-0.4, -0.2) is 21.2 Å². The van der Waals surface area contributed by atoms with Gasteiger partial charge in [-0.15, -0.1) is 0 Å². The first kappa shape index (κ1) is 14.5. The molecule has 0 fully saturated rings. The molecule has 4 nitrogen and oxygen atoms in total. The van der Waals surface area contributed by atoms with Crippen LogP contribution < -0.4 is 5.56 Å². The maximum absolute atomic E-state index is 12.5. The zero-order valence-corrected chi connectivity index (χ0v) is 12.9. The van der Waals surface area contributed by atoms with E-state index in [1.54, 1.807) is 12.4 Å². The van der Waals surface area contributed by atoms with Crippen molar-refractivity contribution >= 4 is 11.8 Å². The van der Waals surface area contributed by atoms with Crippen LogP contribution in [0.1, 0.15) is 11.1 Å². The smallest absolute Gasteiger partial charge is 0.255 e. The number of pyridine rings is 1. The van der Waals surface area contributed by atoms with Crippen LogP contribution in [-0.2, 0) is 6.42 Å². The van der Waals surface area contributed by atoms with Crippen molar-refractivity contribution in [2.45, 2.75) is 11.6 Å². The van der Waals surface area contributed by atoms with E-state index in [9.17, 15) is 4.79 Å². The highest BCUT2D eigenvalue weighted by atomic mass is 32.2. The van der Waals surface area contributed by atoms with Gasteiger partial charge in [-0.2, -0.15) is 0 Å². The zero-order valence-electron chi connectivity index (χ0n) is 12.1. The molecule has 22 heavy (non-hydrogen) atoms. The average molecular weight is 309 g/mol. The summed E-state index contributed by atoms with van der Waals surface area (Å²) in [5.41, 5.74) is 3.24. The maximum Gasteiger partial charge on any atom is 0.255 e. The fraction of sp³-hybridized carbons (Fsp3) is 0.118. The monoisotopic (exact) mass is 309 g/mol. The van der Waals surface area contributed by atoms with Crippen LogP contribution in [0.2, 0.25) is 0 Å². The van der Waals surface area contributed by atoms with E-state index in [0.29, 0.717) is 17.1 Å². The highest BCUT2D eigenvalue weighted by molar-refractivity contribution is 7.98. The molecule has 5 heteroatoms. The molecule has 0 saturated carbocycles. The van der Waals surface area contributed by atoms with E-state index in [-0.39, 0.29) is 5.56 Å². The van der Waals surface area contributed by atoms with Gasteiger partial charge in [-0.1, -0.05) is 48.2 Å². The molecule has 3 rings (SSSR count). The molecule has 2 heterocycles. The Kier molecular flexibility index (Phi) is 4.34. The minimum absolute atomic E-state index is 0.0953. The molecule has 110 valence electrons. The number of aromatic nitrogens is 3. The molecule has 0 aliphatic carbocycles. The molecule has 1 aromatic carbocycles. The Hall–Kier alpha value is -2.40. The summed E-state index contributed by atoms with van der Waals surface area (Å²) < 4.78 is 0. The van der Waals surface area contributed by atoms with Crippen LogP contribution in [0.15, 0.2) is 64.8 Å². The number of benzene rings is 1. The Morgan fingerprint density at radius 2 is 1.95 bits per heavy atom. The van der Waals surface area contributed by atoms with Gasteiger partial charge in [0.25, 0.3) is 5.56 Å². The molecule has 0 amide bonds. The Morgan fingerprint density at radius 1 is 1.14 bits per heavy atom. The van der Waals surface area contributed by atoms with Crippen molar-refractivity contribution in [2.75, 3.05) is 6.26 Å². The minimum atomic E-state index is -0.0953. The number of aromatic amines is 1. The third-order valence-corrected chi connectivity index (χ3v) is 3.92. The lowest BCUT2D eigenvalue weighted by molar-refractivity contribution is 0.907. The highest BCUT2D eigenvalue weighted by Crippen LogP contribution is 2.22. The molecular weight excluding hydrogens is 294 g/mol. The number of hydrogen-bond donors (Lipinski definition) is 1. The molecule has 0 saturated heterocycles. The van der Waals surface area contributed by atoms with Crippen molar-refractivity contribution < 1.29 is 0 Å². The fourth-order valence-corrected chi connectivity index (χ4v) is 2.66. The zero-order chi connectivity index (χ0) is 15.4. The number of nitrogens with zero attached hydrogens (tertiary/aromatic N) is 2. The molecule has 2 aromatic heterocycles. The number of nitrogens with one attached hydrogen (secondary N) is 1. The van der Waals surface area contributed by atoms with Crippen LogP contribution in [0.3, 0.4) is 0 Å². The van der Waals surface area contributed by atoms with E-state index >= 15 is 0 Å². The molecule has 0 bridgehead atoms. The second-order valence-corrected chi connectivity index (χ2v) is 5.60. The van der Waals surface area contributed by atoms with Crippen LogP contribution in [0.25, 0.3) is 11.3 Å². The van der Waals surface area contributed by atoms with Gasteiger partial charge in [0.1, 0.15) is 0 Å². The Labute approximate surface area is 132 Å². The first-order chi connectivity index (χ1) is 10.8. The van der Waals surface area contributed by atoms with Crippen molar-refractivity contribution in [1.82, 2.24) is 15.0 Å². The highest BCUT2D eigenvalue weighted by Gasteiger charge is 2.13. The number of H-pyrrole nitrogens is 1. The summed E-state index contributed by atoms with van der Waals surface area (Å²) in [5.74, 6) is 0. The average Bonchev–Trinajstić information content (AvgIpc) is 2.58. The molecule has 0 aliphatic heterocycles. The number of rotatable bonds is 4. The number of thioether (sulfide) groups is 1. The maximum atomic E-state index is 12.5. The van der Waals surface area contributed by atoms with Gasteiger partial charge in [0.2, 0.25) is 0 Å². The topological polar surface area (TPSA) is 58.6 Å². The summed E-state index contributed by atoms with van der Waals surface area (Å²) in [4.78, 5) is 24.0. The first-order valence-corrected chi connectivity index (χ1v) is 8.12. The lowest BCUT2D eigenvalue weighted by atomic mass is 10.0. The minimum Gasteiger partial charge on any atom is -0.301 e. The molecule has 0 unspecified atom stereocenters. The normalized spacial score (nSPS) is 10.6. The summed E-state index contributed by atoms with van der Waals surface area (Å²) in [6.45, 7) is 0. The number of hydrogen-bond acceptors (Lipinski definition) is 4. The summed E-state index contributed by atoms with van der Waals surface area (Å²) in [6, 6.07) is 13.6. The Morgan fingerprint density at radius 3 is 2.64 bits per heavy atom. The van der Waals surface area contributed by atoms with E-state index in [4.69, 9.17) is 0 Å². The van der Waals surface area contributed by atoms with E-state index in [1.165, 1.54) is 11.8 Å². The standard InChI is InChI=1S/C17H15N3OS/c1-22-17-19-15(13-7-3-2-4-8-13)14(16(21)20-17)10-12-6-5-9-18-11-12/h2-9,11H,10H2,1H3,(H,19,20,21). The van der Waals surface area contributed by atoms with Crippen molar-refractivity contribution in [3.8, 4) is 11.3 Å². The van der Waals surface area contributed by atoms with Crippen molar-refractivity contribution in [2.24, 2.45) is 0 Å². The van der Waals surface area contributed by atoms with Gasteiger partial charge in [0.05, 0.1) is 5.69 Å². The fourth-order valence-electron chi connectivity index (χ4n) is 2.28. The van der Waals surface area contributed by atoms with Gasteiger partial charge in [0.15, 0.2) is 5.16 Å². The predicted molar refractivity (Wildman–Crippen MR) is 89.1 cm³/mol. The molecule has 0 radical (unpaired) electrons. The molecule has 3 aromatic rings. The predicted octanol–water partition coefficient (Wildman–Crippen LogP) is 3.14. The molecule has 0 atom stereocenters. The molecular formula is C17H15N3OS. The third-order valence-electron chi connectivity index (χ3n) is 3.34. The second-order valence-electron chi connectivity index (χ2n) is 4.81. The first-order valence-electron chi connectivity index (χ1n) is 6.89. The van der Waals surface area contributed by atoms with E-state index in [0.717, 1.165) is 16.8 Å². The van der Waals surface area contributed by atoms with Crippen molar-refractivity contribution in [1.29, 1.82) is 0 Å². The third kappa shape index (κ3) is 3.09. The molecule has 1 N–H and O–H groups in total. The van der Waals surface area contributed by atoms with Crippen LogP contribution in [0.4, 0.5) is 0 Å². The van der Waals surface area contributed by atoms with Crippen LogP contribution >= 0.6 is 11.8 Å². The van der Waals surface area contributed by atoms with Crippen molar-refractivity contribution in [3.63, 3.8) is 0 Å². The second kappa shape index (κ2) is 6.58. The van der Waals surface area contributed by atoms with Gasteiger partial charge in [-0.3, -0.25) is 9.78 Å². The summed E-state index contributed by atoms with van der Waals surface area (Å²) in [6.07, 6.45) is 5.90. The van der Waals surface area contributed by atoms with Gasteiger partial charge in [0, 0.05) is 29.9 Å². The SMILES string of the molecule is CSc1nc(-c2ccccc2)c(Cc2cccnc2)c(=O)[nH]1. The molecule has 0 spiro atoms. The lowest BCUT2D eigenvalue weighted by Gasteiger charge is -2.09. The molecule has 0 aliphatic rings. The summed E-state index contributed by atoms with van der Waals surface area (Å²) in [5, 5.41) is 0.624. The summed E-state index contributed by atoms with van der Waals surface area (Å²) in [7, 11) is 0. The lowest BCUT2D eigenvalue weighted by Crippen LogP contribution is -2.17. The van der Waals surface area contributed by atoms with E-state index in [1.807, 2.05) is 48.7 Å².